The zero-order chi connectivity index (χ0) is 15.2. The third kappa shape index (κ3) is 4.75. The van der Waals surface area contributed by atoms with E-state index in [1.165, 1.54) is 0 Å². The van der Waals surface area contributed by atoms with E-state index >= 15 is 0 Å². The molecule has 0 saturated heterocycles. The quantitative estimate of drug-likeness (QED) is 0.775. The highest BCUT2D eigenvalue weighted by Crippen LogP contribution is 2.30. The lowest BCUT2D eigenvalue weighted by atomic mass is 9.90. The van der Waals surface area contributed by atoms with Crippen LogP contribution < -0.4 is 9.47 Å². The maximum atomic E-state index is 9.54. The number of nitriles is 1. The molecular weight excluding hydrogens is 254 g/mol. The summed E-state index contributed by atoms with van der Waals surface area (Å²) in [5, 5.41) is 18.5. The lowest BCUT2D eigenvalue weighted by Crippen LogP contribution is -2.10. The molecule has 0 saturated carbocycles. The van der Waals surface area contributed by atoms with Gasteiger partial charge in [-0.1, -0.05) is 6.07 Å². The Labute approximate surface area is 120 Å². The van der Waals surface area contributed by atoms with Gasteiger partial charge in [0.2, 0.25) is 0 Å². The maximum absolute atomic E-state index is 9.54. The maximum Gasteiger partial charge on any atom is 0.161 e. The number of rotatable bonds is 7. The molecule has 0 heterocycles. The van der Waals surface area contributed by atoms with E-state index in [1.54, 1.807) is 26.2 Å². The van der Waals surface area contributed by atoms with Gasteiger partial charge in [-0.25, -0.2) is 0 Å². The number of nitrogens with zero attached hydrogens (tertiary/aromatic N) is 1. The van der Waals surface area contributed by atoms with E-state index in [1.807, 2.05) is 19.9 Å². The van der Waals surface area contributed by atoms with Gasteiger partial charge in [-0.05, 0) is 51.3 Å². The Bertz CT molecular complexity index is 475. The summed E-state index contributed by atoms with van der Waals surface area (Å²) in [6.45, 7) is 6.09. The number of hydrogen-bond acceptors (Lipinski definition) is 4. The SMILES string of the molecule is COc1cc([C@H](C)O)ccc1OCCCC(C)(C)C#N. The second-order valence-electron chi connectivity index (χ2n) is 5.53. The normalized spacial score (nSPS) is 12.6. The monoisotopic (exact) mass is 277 g/mol. The molecule has 1 aromatic rings. The van der Waals surface area contributed by atoms with Gasteiger partial charge in [0.05, 0.1) is 31.3 Å². The Morgan fingerprint density at radius 1 is 1.35 bits per heavy atom. The fourth-order valence-corrected chi connectivity index (χ4v) is 1.82. The van der Waals surface area contributed by atoms with E-state index in [-0.39, 0.29) is 5.41 Å². The molecule has 0 amide bonds. The summed E-state index contributed by atoms with van der Waals surface area (Å²) < 4.78 is 11.0. The highest BCUT2D eigenvalue weighted by atomic mass is 16.5. The van der Waals surface area contributed by atoms with Crippen molar-refractivity contribution in [3.63, 3.8) is 0 Å². The molecule has 20 heavy (non-hydrogen) atoms. The average molecular weight is 277 g/mol. The summed E-state index contributed by atoms with van der Waals surface area (Å²) in [7, 11) is 1.58. The van der Waals surface area contributed by atoms with E-state index in [0.717, 1.165) is 18.4 Å². The van der Waals surface area contributed by atoms with Crippen molar-refractivity contribution in [1.29, 1.82) is 5.26 Å². The van der Waals surface area contributed by atoms with Crippen LogP contribution in [0.3, 0.4) is 0 Å². The number of aliphatic hydroxyl groups is 1. The molecular formula is C16H23NO3. The summed E-state index contributed by atoms with van der Waals surface area (Å²) in [6.07, 6.45) is 1.06. The Hall–Kier alpha value is -1.73. The molecule has 1 rings (SSSR count). The lowest BCUT2D eigenvalue weighted by molar-refractivity contribution is 0.198. The molecule has 0 aliphatic rings. The molecule has 110 valence electrons. The molecule has 0 fully saturated rings. The van der Waals surface area contributed by atoms with E-state index in [2.05, 4.69) is 6.07 Å². The topological polar surface area (TPSA) is 62.5 Å². The molecule has 0 aliphatic carbocycles. The van der Waals surface area contributed by atoms with Gasteiger partial charge in [0.25, 0.3) is 0 Å². The minimum Gasteiger partial charge on any atom is -0.493 e. The van der Waals surface area contributed by atoms with Crippen molar-refractivity contribution >= 4 is 0 Å². The predicted octanol–water partition coefficient (Wildman–Crippen LogP) is 3.46. The minimum absolute atomic E-state index is 0.316. The van der Waals surface area contributed by atoms with E-state index < -0.39 is 6.10 Å². The van der Waals surface area contributed by atoms with Crippen LogP contribution in [0.25, 0.3) is 0 Å². The fourth-order valence-electron chi connectivity index (χ4n) is 1.82. The average Bonchev–Trinajstić information content (AvgIpc) is 2.43. The summed E-state index contributed by atoms with van der Waals surface area (Å²) in [5.74, 6) is 1.27. The second-order valence-corrected chi connectivity index (χ2v) is 5.53. The molecule has 4 nitrogen and oxygen atoms in total. The molecule has 0 unspecified atom stereocenters. The second kappa shape index (κ2) is 7.16. The number of ether oxygens (including phenoxy) is 2. The van der Waals surface area contributed by atoms with E-state index in [9.17, 15) is 5.11 Å². The van der Waals surface area contributed by atoms with Gasteiger partial charge >= 0.3 is 0 Å². The van der Waals surface area contributed by atoms with Crippen LogP contribution in [-0.2, 0) is 0 Å². The van der Waals surface area contributed by atoms with Crippen LogP contribution in [0.1, 0.15) is 45.3 Å². The molecule has 0 aromatic heterocycles. The predicted molar refractivity (Wildman–Crippen MR) is 77.8 cm³/mol. The molecule has 0 bridgehead atoms. The Morgan fingerprint density at radius 2 is 2.05 bits per heavy atom. The molecule has 1 atom stereocenters. The Kier molecular flexibility index (Phi) is 5.84. The molecule has 1 aromatic carbocycles. The summed E-state index contributed by atoms with van der Waals surface area (Å²) in [4.78, 5) is 0. The summed E-state index contributed by atoms with van der Waals surface area (Å²) in [6, 6.07) is 7.67. The van der Waals surface area contributed by atoms with Crippen LogP contribution in [0.2, 0.25) is 0 Å². The molecule has 0 spiro atoms. The van der Waals surface area contributed by atoms with E-state index in [0.29, 0.717) is 18.1 Å². The lowest BCUT2D eigenvalue weighted by Gasteiger charge is -2.16. The fraction of sp³-hybridized carbons (Fsp3) is 0.562. The van der Waals surface area contributed by atoms with Crippen molar-refractivity contribution < 1.29 is 14.6 Å². The largest absolute Gasteiger partial charge is 0.493 e. The van der Waals surface area contributed by atoms with Gasteiger partial charge in [0, 0.05) is 0 Å². The van der Waals surface area contributed by atoms with Crippen LogP contribution in [0.4, 0.5) is 0 Å². The molecule has 1 N–H and O–H groups in total. The van der Waals surface area contributed by atoms with Crippen molar-refractivity contribution in [3.8, 4) is 17.6 Å². The van der Waals surface area contributed by atoms with Crippen molar-refractivity contribution in [2.45, 2.75) is 39.7 Å². The van der Waals surface area contributed by atoms with Crippen LogP contribution in [0.15, 0.2) is 18.2 Å². The third-order valence-electron chi connectivity index (χ3n) is 3.18. The Morgan fingerprint density at radius 3 is 2.60 bits per heavy atom. The van der Waals surface area contributed by atoms with Crippen LogP contribution >= 0.6 is 0 Å². The first-order valence-corrected chi connectivity index (χ1v) is 6.79. The van der Waals surface area contributed by atoms with Gasteiger partial charge in [-0.2, -0.15) is 5.26 Å². The van der Waals surface area contributed by atoms with Crippen LogP contribution in [0, 0.1) is 16.7 Å². The van der Waals surface area contributed by atoms with Crippen molar-refractivity contribution in [1.82, 2.24) is 0 Å². The van der Waals surface area contributed by atoms with Crippen LogP contribution in [-0.4, -0.2) is 18.8 Å². The zero-order valence-electron chi connectivity index (χ0n) is 12.6. The highest BCUT2D eigenvalue weighted by molar-refractivity contribution is 5.43. The first-order chi connectivity index (χ1) is 9.39. The third-order valence-corrected chi connectivity index (χ3v) is 3.18. The van der Waals surface area contributed by atoms with Crippen molar-refractivity contribution in [2.24, 2.45) is 5.41 Å². The zero-order valence-corrected chi connectivity index (χ0v) is 12.6. The number of methoxy groups -OCH3 is 1. The molecule has 0 radical (unpaired) electrons. The first kappa shape index (κ1) is 16.3. The van der Waals surface area contributed by atoms with Gasteiger partial charge in [0.1, 0.15) is 0 Å². The van der Waals surface area contributed by atoms with Gasteiger partial charge in [0.15, 0.2) is 11.5 Å². The van der Waals surface area contributed by atoms with Gasteiger partial charge in [-0.15, -0.1) is 0 Å². The van der Waals surface area contributed by atoms with E-state index in [4.69, 9.17) is 14.7 Å². The summed E-state index contributed by atoms with van der Waals surface area (Å²) in [5.41, 5.74) is 0.476. The standard InChI is InChI=1S/C16H23NO3/c1-12(18)13-6-7-14(15(10-13)19-4)20-9-5-8-16(2,3)11-17/h6-7,10,12,18H,5,8-9H2,1-4H3/t12-/m0/s1. The number of benzene rings is 1. The highest BCUT2D eigenvalue weighted by Gasteiger charge is 2.16. The van der Waals surface area contributed by atoms with Crippen molar-refractivity contribution in [3.05, 3.63) is 23.8 Å². The first-order valence-electron chi connectivity index (χ1n) is 6.79. The molecule has 4 heteroatoms. The van der Waals surface area contributed by atoms with Crippen molar-refractivity contribution in [2.75, 3.05) is 13.7 Å². The number of aliphatic hydroxyl groups excluding tert-OH is 1. The van der Waals surface area contributed by atoms with Gasteiger partial charge in [-0.3, -0.25) is 0 Å². The Balaban J connectivity index is 2.58. The van der Waals surface area contributed by atoms with Gasteiger partial charge < -0.3 is 14.6 Å². The molecule has 0 aliphatic heterocycles. The number of hydrogen-bond donors (Lipinski definition) is 1. The van der Waals surface area contributed by atoms with Crippen LogP contribution in [0.5, 0.6) is 11.5 Å². The smallest absolute Gasteiger partial charge is 0.161 e. The summed E-state index contributed by atoms with van der Waals surface area (Å²) >= 11 is 0. The minimum atomic E-state index is -0.533.